The number of piperidine rings is 1. The Balaban J connectivity index is 1.72. The van der Waals surface area contributed by atoms with Gasteiger partial charge in [0.25, 0.3) is 5.91 Å². The highest BCUT2D eigenvalue weighted by Gasteiger charge is 2.28. The summed E-state index contributed by atoms with van der Waals surface area (Å²) in [6.07, 6.45) is 0.943. The number of aliphatic carboxylic acids is 1. The maximum atomic E-state index is 12.5. The summed E-state index contributed by atoms with van der Waals surface area (Å²) in [6.45, 7) is 0.857. The average molecular weight is 334 g/mol. The smallest absolute Gasteiger partial charge is 0.306 e. The Hall–Kier alpha value is -2.27. The van der Waals surface area contributed by atoms with Gasteiger partial charge in [0.1, 0.15) is 5.76 Å². The molecule has 0 unspecified atom stereocenters. The zero-order valence-electron chi connectivity index (χ0n) is 12.4. The molecule has 6 heteroatoms. The van der Waals surface area contributed by atoms with E-state index in [1.165, 1.54) is 0 Å². The predicted molar refractivity (Wildman–Crippen MR) is 85.4 cm³/mol. The summed E-state index contributed by atoms with van der Waals surface area (Å²) in [5, 5.41) is 9.56. The fourth-order valence-electron chi connectivity index (χ4n) is 2.74. The summed E-state index contributed by atoms with van der Waals surface area (Å²) < 4.78 is 5.65. The number of carbonyl (C=O) groups is 2. The van der Waals surface area contributed by atoms with Crippen LogP contribution in [0.1, 0.15) is 23.4 Å². The summed E-state index contributed by atoms with van der Waals surface area (Å²) in [7, 11) is 0. The molecule has 120 valence electrons. The Morgan fingerprint density at radius 3 is 2.48 bits per heavy atom. The van der Waals surface area contributed by atoms with Gasteiger partial charge < -0.3 is 14.4 Å². The van der Waals surface area contributed by atoms with Gasteiger partial charge in [0.15, 0.2) is 5.76 Å². The number of likely N-dealkylation sites (tertiary alicyclic amines) is 1. The number of hydrogen-bond acceptors (Lipinski definition) is 3. The van der Waals surface area contributed by atoms with Gasteiger partial charge in [-0.05, 0) is 37.1 Å². The molecular formula is C17H16ClNO4. The monoisotopic (exact) mass is 333 g/mol. The van der Waals surface area contributed by atoms with E-state index in [9.17, 15) is 9.59 Å². The summed E-state index contributed by atoms with van der Waals surface area (Å²) in [5.41, 5.74) is 0.734. The molecule has 2 aromatic rings. The van der Waals surface area contributed by atoms with Crippen molar-refractivity contribution in [1.29, 1.82) is 0 Å². The Morgan fingerprint density at radius 1 is 1.13 bits per heavy atom. The molecule has 0 aliphatic carbocycles. The minimum atomic E-state index is -0.795. The lowest BCUT2D eigenvalue weighted by molar-refractivity contribution is -0.143. The van der Waals surface area contributed by atoms with Crippen LogP contribution in [0.3, 0.4) is 0 Å². The zero-order chi connectivity index (χ0) is 16.4. The first-order valence-electron chi connectivity index (χ1n) is 7.43. The van der Waals surface area contributed by atoms with Crippen molar-refractivity contribution >= 4 is 23.5 Å². The largest absolute Gasteiger partial charge is 0.481 e. The highest BCUT2D eigenvalue weighted by atomic mass is 35.5. The molecule has 1 aliphatic rings. The Morgan fingerprint density at radius 2 is 1.83 bits per heavy atom. The number of halogens is 1. The maximum absolute atomic E-state index is 12.5. The number of rotatable bonds is 3. The van der Waals surface area contributed by atoms with Crippen LogP contribution in [0.15, 0.2) is 40.8 Å². The highest BCUT2D eigenvalue weighted by molar-refractivity contribution is 6.33. The molecule has 5 nitrogen and oxygen atoms in total. The molecule has 1 N–H and O–H groups in total. The van der Waals surface area contributed by atoms with Crippen molar-refractivity contribution in [3.05, 3.63) is 47.2 Å². The van der Waals surface area contributed by atoms with Gasteiger partial charge in [-0.3, -0.25) is 9.59 Å². The lowest BCUT2D eigenvalue weighted by Crippen LogP contribution is -2.40. The quantitative estimate of drug-likeness (QED) is 0.932. The van der Waals surface area contributed by atoms with Crippen LogP contribution in [-0.4, -0.2) is 35.0 Å². The van der Waals surface area contributed by atoms with Gasteiger partial charge in [0.05, 0.1) is 10.9 Å². The molecule has 3 rings (SSSR count). The van der Waals surface area contributed by atoms with E-state index in [0.29, 0.717) is 36.7 Å². The first-order chi connectivity index (χ1) is 11.1. The molecule has 2 heterocycles. The van der Waals surface area contributed by atoms with Crippen molar-refractivity contribution in [3.8, 4) is 11.3 Å². The summed E-state index contributed by atoms with van der Waals surface area (Å²) >= 11 is 6.13. The second-order valence-corrected chi connectivity index (χ2v) is 5.96. The molecule has 0 atom stereocenters. The highest BCUT2D eigenvalue weighted by Crippen LogP contribution is 2.29. The van der Waals surface area contributed by atoms with Crippen LogP contribution < -0.4 is 0 Å². The zero-order valence-corrected chi connectivity index (χ0v) is 13.1. The molecule has 23 heavy (non-hydrogen) atoms. The van der Waals surface area contributed by atoms with Crippen LogP contribution in [0.5, 0.6) is 0 Å². The van der Waals surface area contributed by atoms with Crippen LogP contribution in [0.2, 0.25) is 5.02 Å². The van der Waals surface area contributed by atoms with E-state index in [1.54, 1.807) is 23.1 Å². The minimum Gasteiger partial charge on any atom is -0.481 e. The Bertz CT molecular complexity index is 732. The van der Waals surface area contributed by atoms with Gasteiger partial charge in [0, 0.05) is 18.7 Å². The van der Waals surface area contributed by atoms with Crippen molar-refractivity contribution in [2.45, 2.75) is 12.8 Å². The van der Waals surface area contributed by atoms with Gasteiger partial charge in [-0.25, -0.2) is 0 Å². The lowest BCUT2D eigenvalue weighted by Gasteiger charge is -2.29. The third-order valence-electron chi connectivity index (χ3n) is 4.09. The van der Waals surface area contributed by atoms with Crippen LogP contribution in [0.4, 0.5) is 0 Å². The van der Waals surface area contributed by atoms with Gasteiger partial charge >= 0.3 is 5.97 Å². The molecule has 1 aliphatic heterocycles. The standard InChI is InChI=1S/C17H16ClNO4/c18-13-4-2-1-3-12(13)14-5-6-15(23-14)16(20)19-9-7-11(8-10-19)17(21)22/h1-6,11H,7-10H2,(H,21,22). The molecule has 1 amide bonds. The molecule has 1 aromatic carbocycles. The summed E-state index contributed by atoms with van der Waals surface area (Å²) in [6, 6.07) is 10.6. The first kappa shape index (κ1) is 15.6. The average Bonchev–Trinajstić information content (AvgIpc) is 3.04. The van der Waals surface area contributed by atoms with E-state index in [4.69, 9.17) is 21.1 Å². The topological polar surface area (TPSA) is 70.8 Å². The number of carboxylic acids is 1. The first-order valence-corrected chi connectivity index (χ1v) is 7.81. The second-order valence-electron chi connectivity index (χ2n) is 5.55. The number of nitrogens with zero attached hydrogens (tertiary/aromatic N) is 1. The van der Waals surface area contributed by atoms with E-state index in [2.05, 4.69) is 0 Å². The number of benzene rings is 1. The molecule has 1 fully saturated rings. The SMILES string of the molecule is O=C(O)C1CCN(C(=O)c2ccc(-c3ccccc3Cl)o2)CC1. The molecule has 0 radical (unpaired) electrons. The van der Waals surface area contributed by atoms with Crippen LogP contribution >= 0.6 is 11.6 Å². The Labute approximate surface area is 138 Å². The predicted octanol–water partition coefficient (Wildman–Crippen LogP) is 3.54. The number of amides is 1. The summed E-state index contributed by atoms with van der Waals surface area (Å²) in [4.78, 5) is 25.0. The molecule has 1 saturated heterocycles. The minimum absolute atomic E-state index is 0.216. The number of hydrogen-bond donors (Lipinski definition) is 1. The van der Waals surface area contributed by atoms with Gasteiger partial charge in [-0.1, -0.05) is 23.7 Å². The van der Waals surface area contributed by atoms with Crippen molar-refractivity contribution in [3.63, 3.8) is 0 Å². The Kier molecular flexibility index (Phi) is 4.39. The van der Waals surface area contributed by atoms with E-state index in [-0.39, 0.29) is 17.6 Å². The fraction of sp³-hybridized carbons (Fsp3) is 0.294. The molecular weight excluding hydrogens is 318 g/mol. The van der Waals surface area contributed by atoms with E-state index >= 15 is 0 Å². The summed E-state index contributed by atoms with van der Waals surface area (Å²) in [5.74, 6) is -0.592. The number of carboxylic acid groups (broad SMARTS) is 1. The fourth-order valence-corrected chi connectivity index (χ4v) is 2.97. The van der Waals surface area contributed by atoms with Gasteiger partial charge in [-0.2, -0.15) is 0 Å². The van der Waals surface area contributed by atoms with Gasteiger partial charge in [0.2, 0.25) is 0 Å². The molecule has 1 aromatic heterocycles. The van der Waals surface area contributed by atoms with Crippen molar-refractivity contribution in [2.24, 2.45) is 5.92 Å². The van der Waals surface area contributed by atoms with E-state index in [0.717, 1.165) is 5.56 Å². The molecule has 0 spiro atoms. The van der Waals surface area contributed by atoms with Crippen LogP contribution in [-0.2, 0) is 4.79 Å². The molecule has 0 bridgehead atoms. The van der Waals surface area contributed by atoms with E-state index < -0.39 is 5.97 Å². The van der Waals surface area contributed by atoms with Crippen molar-refractivity contribution < 1.29 is 19.1 Å². The van der Waals surface area contributed by atoms with Crippen molar-refractivity contribution in [2.75, 3.05) is 13.1 Å². The lowest BCUT2D eigenvalue weighted by atomic mass is 9.97. The number of furan rings is 1. The van der Waals surface area contributed by atoms with Gasteiger partial charge in [-0.15, -0.1) is 0 Å². The third kappa shape index (κ3) is 3.24. The number of carbonyl (C=O) groups excluding carboxylic acids is 1. The van der Waals surface area contributed by atoms with Crippen molar-refractivity contribution in [1.82, 2.24) is 4.90 Å². The molecule has 0 saturated carbocycles. The van der Waals surface area contributed by atoms with E-state index in [1.807, 2.05) is 18.2 Å². The normalized spacial score (nSPS) is 15.6. The van der Waals surface area contributed by atoms with Crippen LogP contribution in [0, 0.1) is 5.92 Å². The van der Waals surface area contributed by atoms with Crippen LogP contribution in [0.25, 0.3) is 11.3 Å². The second kappa shape index (κ2) is 6.46. The maximum Gasteiger partial charge on any atom is 0.306 e. The third-order valence-corrected chi connectivity index (χ3v) is 4.42.